The monoisotopic (exact) mass is 400 g/mol. The Morgan fingerprint density at radius 3 is 2.67 bits per heavy atom. The van der Waals surface area contributed by atoms with Crippen LogP contribution in [0, 0.1) is 18.3 Å². The van der Waals surface area contributed by atoms with Crippen molar-refractivity contribution in [3.05, 3.63) is 59.8 Å². The van der Waals surface area contributed by atoms with Gasteiger partial charge in [-0.2, -0.15) is 10.2 Å². The molecule has 0 bridgehead atoms. The molecule has 0 saturated carbocycles. The first-order valence-electron chi connectivity index (χ1n) is 8.87. The predicted octanol–water partition coefficient (Wildman–Crippen LogP) is 3.35. The molecule has 2 aromatic heterocycles. The fourth-order valence-electron chi connectivity index (χ4n) is 3.03. The number of rotatable bonds is 5. The van der Waals surface area contributed by atoms with Crippen LogP contribution in [0.25, 0.3) is 22.4 Å². The minimum absolute atomic E-state index is 0.0454. The van der Waals surface area contributed by atoms with Gasteiger partial charge < -0.3 is 24.0 Å². The number of nitriles is 1. The lowest BCUT2D eigenvalue weighted by atomic mass is 10.1. The Balaban J connectivity index is 1.77. The van der Waals surface area contributed by atoms with Crippen molar-refractivity contribution in [3.63, 3.8) is 0 Å². The van der Waals surface area contributed by atoms with E-state index in [2.05, 4.69) is 15.2 Å². The van der Waals surface area contributed by atoms with E-state index in [1.807, 2.05) is 37.3 Å². The Hall–Kier alpha value is -4.45. The van der Waals surface area contributed by atoms with Gasteiger partial charge in [-0.3, -0.25) is 0 Å². The molecule has 4 aromatic rings. The number of aliphatic carboxylic acids is 1. The van der Waals surface area contributed by atoms with Crippen LogP contribution in [-0.4, -0.2) is 20.6 Å². The zero-order valence-electron chi connectivity index (χ0n) is 15.7. The molecule has 0 saturated heterocycles. The normalized spacial score (nSPS) is 11.2. The quantitative estimate of drug-likeness (QED) is 0.510. The highest BCUT2D eigenvalue weighted by molar-refractivity contribution is 5.95. The molecule has 0 unspecified atom stereocenters. The maximum atomic E-state index is 11.0. The molecule has 148 valence electrons. The van der Waals surface area contributed by atoms with Crippen molar-refractivity contribution in [3.8, 4) is 23.4 Å². The number of para-hydroxylation sites is 1. The summed E-state index contributed by atoms with van der Waals surface area (Å²) >= 11 is 0. The second kappa shape index (κ2) is 7.52. The minimum atomic E-state index is -1.36. The van der Waals surface area contributed by atoms with Crippen LogP contribution in [0.3, 0.4) is 0 Å². The molecule has 0 spiro atoms. The standard InChI is InChI=1S/C21H15N5O4/c1-12-6-8-13(9-7-12)19-23-15(10-22)20(30-19)25-24-18-14-4-2-3-5-16(14)26(21(18)29)11-17(27)28/h2-9,29H,11H2,1H3,(H,27,28)/p-1. The van der Waals surface area contributed by atoms with E-state index < -0.39 is 12.5 Å². The number of fused-ring (bicyclic) bond motifs is 1. The molecular formula is C21H14N5O4-. The van der Waals surface area contributed by atoms with Crippen LogP contribution in [0.5, 0.6) is 5.88 Å². The maximum Gasteiger partial charge on any atom is 0.277 e. The smallest absolute Gasteiger partial charge is 0.277 e. The van der Waals surface area contributed by atoms with Crippen LogP contribution in [-0.2, 0) is 11.3 Å². The SMILES string of the molecule is Cc1ccc(-c2nc(C#N)c(N=Nc3c(O)n(CC(=O)[O-])c4ccccc34)o2)cc1. The summed E-state index contributed by atoms with van der Waals surface area (Å²) in [6, 6.07) is 16.0. The van der Waals surface area contributed by atoms with Gasteiger partial charge in [0.05, 0.1) is 18.0 Å². The molecule has 0 fully saturated rings. The topological polar surface area (TPSA) is 140 Å². The van der Waals surface area contributed by atoms with Crippen molar-refractivity contribution >= 4 is 28.4 Å². The average molecular weight is 400 g/mol. The van der Waals surface area contributed by atoms with Gasteiger partial charge in [0.15, 0.2) is 5.69 Å². The van der Waals surface area contributed by atoms with Crippen LogP contribution in [0.1, 0.15) is 11.3 Å². The second-order valence-electron chi connectivity index (χ2n) is 6.50. The molecule has 2 aromatic carbocycles. The molecule has 0 aliphatic carbocycles. The zero-order chi connectivity index (χ0) is 21.3. The minimum Gasteiger partial charge on any atom is -0.548 e. The van der Waals surface area contributed by atoms with Crippen LogP contribution in [0.4, 0.5) is 11.6 Å². The van der Waals surface area contributed by atoms with Gasteiger partial charge in [0.2, 0.25) is 17.5 Å². The van der Waals surface area contributed by atoms with Crippen molar-refractivity contribution in [1.29, 1.82) is 5.26 Å². The van der Waals surface area contributed by atoms with E-state index in [-0.39, 0.29) is 29.0 Å². The molecule has 0 atom stereocenters. The first-order chi connectivity index (χ1) is 14.5. The molecule has 0 radical (unpaired) electrons. The van der Waals surface area contributed by atoms with E-state index in [4.69, 9.17) is 4.42 Å². The Morgan fingerprint density at radius 1 is 1.23 bits per heavy atom. The molecule has 0 amide bonds. The van der Waals surface area contributed by atoms with Gasteiger partial charge in [0, 0.05) is 10.9 Å². The molecular weight excluding hydrogens is 386 g/mol. The first-order valence-corrected chi connectivity index (χ1v) is 8.87. The molecule has 9 heteroatoms. The number of aromatic nitrogens is 2. The summed E-state index contributed by atoms with van der Waals surface area (Å²) < 4.78 is 6.75. The highest BCUT2D eigenvalue weighted by Crippen LogP contribution is 2.40. The second-order valence-corrected chi connectivity index (χ2v) is 6.50. The number of azo groups is 1. The van der Waals surface area contributed by atoms with Crippen molar-refractivity contribution in [2.24, 2.45) is 10.2 Å². The number of benzene rings is 2. The lowest BCUT2D eigenvalue weighted by Gasteiger charge is -2.06. The summed E-state index contributed by atoms with van der Waals surface area (Å²) in [6.07, 6.45) is 0. The van der Waals surface area contributed by atoms with E-state index in [9.17, 15) is 20.3 Å². The summed E-state index contributed by atoms with van der Waals surface area (Å²) in [5.74, 6) is -1.66. The third kappa shape index (κ3) is 3.38. The number of aryl methyl sites for hydroxylation is 1. The molecule has 0 aliphatic rings. The summed E-state index contributed by atoms with van der Waals surface area (Å²) in [7, 11) is 0. The first kappa shape index (κ1) is 18.9. The number of carboxylic acid groups (broad SMARTS) is 1. The molecule has 4 rings (SSSR count). The molecule has 30 heavy (non-hydrogen) atoms. The van der Waals surface area contributed by atoms with Gasteiger partial charge in [-0.15, -0.1) is 10.2 Å². The van der Waals surface area contributed by atoms with Crippen LogP contribution >= 0.6 is 0 Å². The van der Waals surface area contributed by atoms with Gasteiger partial charge in [-0.1, -0.05) is 35.9 Å². The highest BCUT2D eigenvalue weighted by Gasteiger charge is 2.18. The Morgan fingerprint density at radius 2 is 1.97 bits per heavy atom. The summed E-state index contributed by atoms with van der Waals surface area (Å²) in [6.45, 7) is 1.40. The van der Waals surface area contributed by atoms with E-state index in [1.165, 1.54) is 0 Å². The van der Waals surface area contributed by atoms with Crippen LogP contribution in [0.15, 0.2) is 63.2 Å². The number of carbonyl (C=O) groups is 1. The van der Waals surface area contributed by atoms with Crippen molar-refractivity contribution < 1.29 is 19.4 Å². The highest BCUT2D eigenvalue weighted by atomic mass is 16.4. The molecule has 2 heterocycles. The largest absolute Gasteiger partial charge is 0.548 e. The Kier molecular flexibility index (Phi) is 4.74. The van der Waals surface area contributed by atoms with Gasteiger partial charge in [0.25, 0.3) is 5.88 Å². The molecule has 0 aliphatic heterocycles. The Labute approximate surface area is 170 Å². The number of carboxylic acids is 1. The van der Waals surface area contributed by atoms with E-state index in [0.29, 0.717) is 16.5 Å². The lowest BCUT2D eigenvalue weighted by molar-refractivity contribution is -0.306. The number of carbonyl (C=O) groups excluding carboxylic acids is 1. The Bertz CT molecular complexity index is 1330. The third-order valence-electron chi connectivity index (χ3n) is 4.46. The summed E-state index contributed by atoms with van der Waals surface area (Å²) in [5.41, 5.74) is 2.17. The number of nitrogens with zero attached hydrogens (tertiary/aromatic N) is 5. The summed E-state index contributed by atoms with van der Waals surface area (Å²) in [4.78, 5) is 15.2. The van der Waals surface area contributed by atoms with Gasteiger partial charge in [-0.25, -0.2) is 0 Å². The lowest BCUT2D eigenvalue weighted by Crippen LogP contribution is -2.27. The number of aromatic hydroxyl groups is 1. The number of oxazole rings is 1. The van der Waals surface area contributed by atoms with Crippen LogP contribution in [0.2, 0.25) is 0 Å². The van der Waals surface area contributed by atoms with Crippen molar-refractivity contribution in [2.75, 3.05) is 0 Å². The summed E-state index contributed by atoms with van der Waals surface area (Å²) in [5, 5.41) is 39.3. The van der Waals surface area contributed by atoms with Crippen molar-refractivity contribution in [2.45, 2.75) is 13.5 Å². The predicted molar refractivity (Wildman–Crippen MR) is 104 cm³/mol. The van der Waals surface area contributed by atoms with Gasteiger partial charge >= 0.3 is 0 Å². The van der Waals surface area contributed by atoms with Gasteiger partial charge in [-0.05, 0) is 25.1 Å². The zero-order valence-corrected chi connectivity index (χ0v) is 15.7. The third-order valence-corrected chi connectivity index (χ3v) is 4.46. The fraction of sp³-hybridized carbons (Fsp3) is 0.0952. The molecule has 1 N–H and O–H groups in total. The van der Waals surface area contributed by atoms with Gasteiger partial charge in [0.1, 0.15) is 6.07 Å². The van der Waals surface area contributed by atoms with Crippen molar-refractivity contribution in [1.82, 2.24) is 9.55 Å². The molecule has 9 nitrogen and oxygen atoms in total. The maximum absolute atomic E-state index is 11.0. The van der Waals surface area contributed by atoms with Crippen LogP contribution < -0.4 is 5.11 Å². The fourth-order valence-corrected chi connectivity index (χ4v) is 3.03. The average Bonchev–Trinajstić information content (AvgIpc) is 3.26. The van der Waals surface area contributed by atoms with E-state index in [0.717, 1.165) is 10.1 Å². The van der Waals surface area contributed by atoms with E-state index in [1.54, 1.807) is 24.3 Å². The number of hydrogen-bond donors (Lipinski definition) is 1. The number of hydrogen-bond acceptors (Lipinski definition) is 8. The van der Waals surface area contributed by atoms with E-state index >= 15 is 0 Å².